The van der Waals surface area contributed by atoms with Crippen molar-refractivity contribution in [2.45, 2.75) is 45.8 Å². The van der Waals surface area contributed by atoms with Gasteiger partial charge in [-0.25, -0.2) is 0 Å². The number of aryl methyl sites for hydroxylation is 2. The molecule has 1 heterocycles. The summed E-state index contributed by atoms with van der Waals surface area (Å²) in [4.78, 5) is 40.4. The summed E-state index contributed by atoms with van der Waals surface area (Å²) < 4.78 is 6.13. The Morgan fingerprint density at radius 2 is 1.67 bits per heavy atom. The van der Waals surface area contributed by atoms with Crippen LogP contribution in [0, 0.1) is 25.2 Å². The number of furan rings is 1. The minimum Gasteiger partial charge on any atom is -0.460 e. The van der Waals surface area contributed by atoms with Crippen LogP contribution in [0.15, 0.2) is 108 Å². The minimum atomic E-state index is -0.671. The van der Waals surface area contributed by atoms with Crippen LogP contribution in [0.25, 0.3) is 11.3 Å². The third-order valence-corrected chi connectivity index (χ3v) is 8.73. The summed E-state index contributed by atoms with van der Waals surface area (Å²) in [6, 6.07) is 32.7. The maximum Gasteiger partial charge on any atom is 0.260 e. The molecule has 0 saturated carbocycles. The van der Waals surface area contributed by atoms with Crippen LogP contribution in [0.5, 0.6) is 0 Å². The largest absolute Gasteiger partial charge is 0.460 e. The van der Waals surface area contributed by atoms with E-state index in [1.54, 1.807) is 67.6 Å². The molecule has 0 aliphatic heterocycles. The lowest BCUT2D eigenvalue weighted by atomic mass is 10.0. The zero-order chi connectivity index (χ0) is 34.9. The summed E-state index contributed by atoms with van der Waals surface area (Å²) >= 11 is 6.54. The molecule has 1 aromatic heterocycles. The Morgan fingerprint density at radius 1 is 0.939 bits per heavy atom. The van der Waals surface area contributed by atoms with Crippen molar-refractivity contribution in [2.24, 2.45) is 0 Å². The predicted molar refractivity (Wildman–Crippen MR) is 190 cm³/mol. The van der Waals surface area contributed by atoms with E-state index in [-0.39, 0.29) is 29.6 Å². The molecule has 8 nitrogen and oxygen atoms in total. The number of imide groups is 1. The number of nitriles is 1. The molecule has 4 aromatic carbocycles. The number of benzene rings is 4. The van der Waals surface area contributed by atoms with Crippen molar-refractivity contribution in [1.29, 1.82) is 5.26 Å². The van der Waals surface area contributed by atoms with E-state index < -0.39 is 17.9 Å². The molecule has 9 heteroatoms. The normalized spacial score (nSPS) is 12.1. The van der Waals surface area contributed by atoms with Gasteiger partial charge in [-0.15, -0.1) is 0 Å². The van der Waals surface area contributed by atoms with Crippen molar-refractivity contribution < 1.29 is 18.8 Å². The van der Waals surface area contributed by atoms with E-state index in [2.05, 4.69) is 54.8 Å². The zero-order valence-corrected chi connectivity index (χ0v) is 28.3. The van der Waals surface area contributed by atoms with Gasteiger partial charge >= 0.3 is 0 Å². The molecule has 5 rings (SSSR count). The van der Waals surface area contributed by atoms with Crippen LogP contribution >= 0.6 is 11.6 Å². The number of carbonyl (C=O) groups is 3. The first-order valence-electron chi connectivity index (χ1n) is 16.0. The fraction of sp³-hybridized carbons (Fsp3) is 0.200. The van der Waals surface area contributed by atoms with Gasteiger partial charge in [0.25, 0.3) is 11.8 Å². The third-order valence-electron chi connectivity index (χ3n) is 8.40. The first-order valence-corrected chi connectivity index (χ1v) is 16.3. The summed E-state index contributed by atoms with van der Waals surface area (Å²) in [5.41, 5.74) is 5.71. The van der Waals surface area contributed by atoms with Gasteiger partial charge in [-0.3, -0.25) is 19.3 Å². The summed E-state index contributed by atoms with van der Waals surface area (Å²) in [6.07, 6.45) is 0.765. The average molecular weight is 673 g/mol. The molecule has 3 amide bonds. The summed E-state index contributed by atoms with van der Waals surface area (Å²) in [6.45, 7) is 6.38. The average Bonchev–Trinajstić information content (AvgIpc) is 3.59. The number of halogens is 1. The molecule has 5 aromatic rings. The molecule has 2 atom stereocenters. The van der Waals surface area contributed by atoms with Crippen LogP contribution in [0.3, 0.4) is 0 Å². The van der Waals surface area contributed by atoms with E-state index in [4.69, 9.17) is 16.0 Å². The summed E-state index contributed by atoms with van der Waals surface area (Å²) in [5.74, 6) is 0.379. The number of carbonyl (C=O) groups excluding carboxylic acids is 3. The first kappa shape index (κ1) is 34.8. The maximum absolute atomic E-state index is 13.8. The molecule has 0 aliphatic rings. The SMILES string of the molecule is Cc1ccc(C(C)NCc2ccc(-c3ccc(Cl)c(C(=O)N[C@H](Cc4ccc(C#N)cc4)CN(C=O)C(=O)c4ccccc4C)c3)o2)cc1. The van der Waals surface area contributed by atoms with E-state index in [0.29, 0.717) is 35.4 Å². The van der Waals surface area contributed by atoms with E-state index >= 15 is 0 Å². The molecule has 0 saturated heterocycles. The molecule has 49 heavy (non-hydrogen) atoms. The predicted octanol–water partition coefficient (Wildman–Crippen LogP) is 7.58. The van der Waals surface area contributed by atoms with Crippen LogP contribution in [0.4, 0.5) is 0 Å². The molecule has 1 unspecified atom stereocenters. The van der Waals surface area contributed by atoms with E-state index in [1.165, 1.54) is 11.1 Å². The molecule has 2 N–H and O–H groups in total. The second kappa shape index (κ2) is 16.1. The smallest absolute Gasteiger partial charge is 0.260 e. The fourth-order valence-electron chi connectivity index (χ4n) is 5.51. The summed E-state index contributed by atoms with van der Waals surface area (Å²) in [7, 11) is 0. The highest BCUT2D eigenvalue weighted by Gasteiger charge is 2.24. The Labute approximate surface area is 291 Å². The molecule has 0 spiro atoms. The number of nitrogens with zero attached hydrogens (tertiary/aromatic N) is 2. The van der Waals surface area contributed by atoms with Crippen LogP contribution in [0.2, 0.25) is 5.02 Å². The van der Waals surface area contributed by atoms with E-state index in [0.717, 1.165) is 21.8 Å². The van der Waals surface area contributed by atoms with Gasteiger partial charge in [0.15, 0.2) is 0 Å². The van der Waals surface area contributed by atoms with Gasteiger partial charge in [-0.1, -0.05) is 71.8 Å². The van der Waals surface area contributed by atoms with Gasteiger partial charge in [0.2, 0.25) is 6.41 Å². The minimum absolute atomic E-state index is 0.0880. The topological polar surface area (TPSA) is 115 Å². The Bertz CT molecular complexity index is 1980. The second-order valence-electron chi connectivity index (χ2n) is 12.0. The van der Waals surface area contributed by atoms with Crippen LogP contribution in [0.1, 0.15) is 67.3 Å². The zero-order valence-electron chi connectivity index (χ0n) is 27.6. The van der Waals surface area contributed by atoms with E-state index in [9.17, 15) is 19.6 Å². The number of hydrogen-bond acceptors (Lipinski definition) is 6. The van der Waals surface area contributed by atoms with Crippen LogP contribution < -0.4 is 10.6 Å². The highest BCUT2D eigenvalue weighted by atomic mass is 35.5. The van der Waals surface area contributed by atoms with Gasteiger partial charge < -0.3 is 15.1 Å². The van der Waals surface area contributed by atoms with E-state index in [1.807, 2.05) is 18.2 Å². The number of rotatable bonds is 13. The molecule has 0 bridgehead atoms. The van der Waals surface area contributed by atoms with Crippen molar-refractivity contribution in [3.05, 3.63) is 153 Å². The number of hydrogen-bond donors (Lipinski definition) is 2. The summed E-state index contributed by atoms with van der Waals surface area (Å²) in [5, 5.41) is 15.9. The van der Waals surface area contributed by atoms with Crippen molar-refractivity contribution >= 4 is 29.8 Å². The highest BCUT2D eigenvalue weighted by molar-refractivity contribution is 6.34. The first-order chi connectivity index (χ1) is 23.6. The van der Waals surface area contributed by atoms with Crippen molar-refractivity contribution in [2.75, 3.05) is 6.54 Å². The number of amides is 3. The lowest BCUT2D eigenvalue weighted by Crippen LogP contribution is -2.46. The van der Waals surface area contributed by atoms with Crippen molar-refractivity contribution in [3.8, 4) is 17.4 Å². The van der Waals surface area contributed by atoms with Gasteiger partial charge in [0.05, 0.1) is 34.8 Å². The lowest BCUT2D eigenvalue weighted by Gasteiger charge is -2.25. The molecular formula is C40H37ClN4O4. The monoisotopic (exact) mass is 672 g/mol. The van der Waals surface area contributed by atoms with Crippen LogP contribution in [-0.4, -0.2) is 35.7 Å². The third kappa shape index (κ3) is 8.90. The quantitative estimate of drug-likeness (QED) is 0.125. The molecule has 0 radical (unpaired) electrons. The molecular weight excluding hydrogens is 636 g/mol. The number of nitrogens with one attached hydrogen (secondary N) is 2. The standard InChI is InChI=1S/C40H37ClN4O4/c1-26-8-14-31(15-9-26)28(3)43-23-34-17-19-38(49-34)32-16-18-37(41)36(21-32)39(47)44-33(20-29-10-12-30(22-42)13-11-29)24-45(25-46)40(48)35-7-5-4-6-27(35)2/h4-19,21,25,28,33,43H,20,23-24H2,1-3H3,(H,44,47)/t28?,33-/m1/s1. The Kier molecular flexibility index (Phi) is 11.4. The van der Waals surface area contributed by atoms with Gasteiger partial charge in [-0.2, -0.15) is 5.26 Å². The van der Waals surface area contributed by atoms with Crippen molar-refractivity contribution in [1.82, 2.24) is 15.5 Å². The fourth-order valence-corrected chi connectivity index (χ4v) is 5.71. The Hall–Kier alpha value is -5.49. The molecule has 0 fully saturated rings. The van der Waals surface area contributed by atoms with Gasteiger partial charge in [-0.05, 0) is 92.4 Å². The second-order valence-corrected chi connectivity index (χ2v) is 12.4. The lowest BCUT2D eigenvalue weighted by molar-refractivity contribution is -0.116. The molecule has 0 aliphatic carbocycles. The van der Waals surface area contributed by atoms with Crippen molar-refractivity contribution in [3.63, 3.8) is 0 Å². The highest BCUT2D eigenvalue weighted by Crippen LogP contribution is 2.28. The Balaban J connectivity index is 1.33. The van der Waals surface area contributed by atoms with Gasteiger partial charge in [0.1, 0.15) is 11.5 Å². The van der Waals surface area contributed by atoms with Gasteiger partial charge in [0, 0.05) is 23.7 Å². The van der Waals surface area contributed by atoms with Crippen LogP contribution in [-0.2, 0) is 17.8 Å². The Morgan fingerprint density at radius 3 is 2.37 bits per heavy atom. The molecule has 248 valence electrons. The maximum atomic E-state index is 13.8.